The van der Waals surface area contributed by atoms with Gasteiger partial charge in [0.1, 0.15) is 17.1 Å². The molecular formula is C10H8F4O3. The molecular weight excluding hydrogens is 244 g/mol. The van der Waals surface area contributed by atoms with Gasteiger partial charge in [-0.15, -0.1) is 0 Å². The maximum atomic E-state index is 13.1. The molecule has 0 heterocycles. The molecule has 1 aromatic carbocycles. The average Bonchev–Trinajstić information content (AvgIpc) is 2.14. The van der Waals surface area contributed by atoms with E-state index in [9.17, 15) is 22.4 Å². The Kier molecular flexibility index (Phi) is 3.93. The van der Waals surface area contributed by atoms with Crippen molar-refractivity contribution in [1.82, 2.24) is 0 Å². The Morgan fingerprint density at radius 2 is 2.00 bits per heavy atom. The van der Waals surface area contributed by atoms with Crippen LogP contribution in [-0.2, 0) is 0 Å². The number of hydrogen-bond acceptors (Lipinski definition) is 2. The van der Waals surface area contributed by atoms with Crippen molar-refractivity contribution in [3.8, 4) is 5.75 Å². The van der Waals surface area contributed by atoms with Crippen LogP contribution >= 0.6 is 0 Å². The molecule has 17 heavy (non-hydrogen) atoms. The first-order valence-electron chi connectivity index (χ1n) is 4.52. The molecule has 7 heteroatoms. The van der Waals surface area contributed by atoms with Crippen LogP contribution in [-0.4, -0.2) is 23.9 Å². The highest BCUT2D eigenvalue weighted by atomic mass is 19.4. The molecule has 0 atom stereocenters. The van der Waals surface area contributed by atoms with Crippen molar-refractivity contribution in [3.63, 3.8) is 0 Å². The van der Waals surface area contributed by atoms with E-state index in [1.165, 1.54) is 0 Å². The minimum atomic E-state index is -4.41. The molecule has 0 unspecified atom stereocenters. The van der Waals surface area contributed by atoms with Crippen LogP contribution in [0, 0.1) is 5.82 Å². The smallest absolute Gasteiger partial charge is 0.392 e. The van der Waals surface area contributed by atoms with Crippen molar-refractivity contribution in [2.24, 2.45) is 0 Å². The van der Waals surface area contributed by atoms with Gasteiger partial charge in [-0.25, -0.2) is 9.18 Å². The van der Waals surface area contributed by atoms with Gasteiger partial charge in [0.2, 0.25) is 0 Å². The van der Waals surface area contributed by atoms with E-state index in [2.05, 4.69) is 4.74 Å². The molecule has 0 spiro atoms. The topological polar surface area (TPSA) is 46.5 Å². The van der Waals surface area contributed by atoms with Gasteiger partial charge in [-0.1, -0.05) is 6.07 Å². The van der Waals surface area contributed by atoms with Crippen LogP contribution in [0.1, 0.15) is 16.8 Å². The van der Waals surface area contributed by atoms with Crippen molar-refractivity contribution >= 4 is 5.97 Å². The molecule has 0 aromatic heterocycles. The standard InChI is InChI=1S/C10H8F4O3/c11-6-2-1-3-7(8(6)9(15)16)17-5-4-10(12,13)14/h1-3H,4-5H2,(H,15,16). The van der Waals surface area contributed by atoms with Gasteiger partial charge in [-0.3, -0.25) is 0 Å². The summed E-state index contributed by atoms with van der Waals surface area (Å²) in [7, 11) is 0. The first-order chi connectivity index (χ1) is 7.81. The fourth-order valence-corrected chi connectivity index (χ4v) is 1.11. The Bertz CT molecular complexity index is 415. The molecule has 1 rings (SSSR count). The van der Waals surface area contributed by atoms with Crippen molar-refractivity contribution < 1.29 is 32.2 Å². The normalized spacial score (nSPS) is 11.3. The van der Waals surface area contributed by atoms with Crippen molar-refractivity contribution in [2.75, 3.05) is 6.61 Å². The van der Waals surface area contributed by atoms with Crippen LogP contribution < -0.4 is 4.74 Å². The van der Waals surface area contributed by atoms with Gasteiger partial charge >= 0.3 is 12.1 Å². The number of hydrogen-bond donors (Lipinski definition) is 1. The molecule has 0 aliphatic heterocycles. The number of carbonyl (C=O) groups is 1. The van der Waals surface area contributed by atoms with Gasteiger partial charge in [0, 0.05) is 0 Å². The number of ether oxygens (including phenoxy) is 1. The Morgan fingerprint density at radius 1 is 1.35 bits per heavy atom. The van der Waals surface area contributed by atoms with Crippen molar-refractivity contribution in [1.29, 1.82) is 0 Å². The second kappa shape index (κ2) is 5.03. The highest BCUT2D eigenvalue weighted by Crippen LogP contribution is 2.24. The van der Waals surface area contributed by atoms with E-state index < -0.39 is 42.3 Å². The van der Waals surface area contributed by atoms with Crippen LogP contribution in [0.25, 0.3) is 0 Å². The molecule has 0 aliphatic rings. The van der Waals surface area contributed by atoms with Gasteiger partial charge in [0.15, 0.2) is 0 Å². The second-order valence-electron chi connectivity index (χ2n) is 3.13. The molecule has 0 saturated carbocycles. The van der Waals surface area contributed by atoms with Crippen LogP contribution in [0.4, 0.5) is 17.6 Å². The molecule has 0 aliphatic carbocycles. The van der Waals surface area contributed by atoms with E-state index in [-0.39, 0.29) is 0 Å². The maximum absolute atomic E-state index is 13.1. The quantitative estimate of drug-likeness (QED) is 0.838. The average molecular weight is 252 g/mol. The number of aromatic carboxylic acids is 1. The van der Waals surface area contributed by atoms with E-state index in [1.807, 2.05) is 0 Å². The zero-order valence-electron chi connectivity index (χ0n) is 8.42. The molecule has 0 saturated heterocycles. The summed E-state index contributed by atoms with van der Waals surface area (Å²) in [5.74, 6) is -3.06. The fraction of sp³-hybridized carbons (Fsp3) is 0.300. The lowest BCUT2D eigenvalue weighted by atomic mass is 10.2. The lowest BCUT2D eigenvalue weighted by Crippen LogP contribution is -2.14. The summed E-state index contributed by atoms with van der Waals surface area (Å²) >= 11 is 0. The Hall–Kier alpha value is -1.79. The Balaban J connectivity index is 2.78. The molecule has 0 radical (unpaired) electrons. The zero-order chi connectivity index (χ0) is 13.1. The molecule has 3 nitrogen and oxygen atoms in total. The van der Waals surface area contributed by atoms with Crippen LogP contribution in [0.15, 0.2) is 18.2 Å². The summed E-state index contributed by atoms with van der Waals surface area (Å²) in [4.78, 5) is 10.7. The van der Waals surface area contributed by atoms with Gasteiger partial charge in [-0.05, 0) is 12.1 Å². The number of carboxylic acid groups (broad SMARTS) is 1. The lowest BCUT2D eigenvalue weighted by Gasteiger charge is -2.10. The largest absolute Gasteiger partial charge is 0.492 e. The van der Waals surface area contributed by atoms with Crippen molar-refractivity contribution in [3.05, 3.63) is 29.6 Å². The summed E-state index contributed by atoms with van der Waals surface area (Å²) in [6.07, 6.45) is -5.64. The fourth-order valence-electron chi connectivity index (χ4n) is 1.11. The minimum Gasteiger partial charge on any atom is -0.492 e. The molecule has 0 amide bonds. The second-order valence-corrected chi connectivity index (χ2v) is 3.13. The van der Waals surface area contributed by atoms with Crippen LogP contribution in [0.5, 0.6) is 5.75 Å². The third kappa shape index (κ3) is 3.93. The molecule has 1 N–H and O–H groups in total. The predicted octanol–water partition coefficient (Wildman–Crippen LogP) is 2.86. The zero-order valence-corrected chi connectivity index (χ0v) is 8.42. The number of carboxylic acids is 1. The number of alkyl halides is 3. The summed E-state index contributed by atoms with van der Waals surface area (Å²) in [6.45, 7) is -0.757. The van der Waals surface area contributed by atoms with E-state index in [0.717, 1.165) is 18.2 Å². The Morgan fingerprint density at radius 3 is 2.53 bits per heavy atom. The maximum Gasteiger partial charge on any atom is 0.392 e. The van der Waals surface area contributed by atoms with Crippen molar-refractivity contribution in [2.45, 2.75) is 12.6 Å². The van der Waals surface area contributed by atoms with Gasteiger partial charge < -0.3 is 9.84 Å². The van der Waals surface area contributed by atoms with Gasteiger partial charge in [0.05, 0.1) is 13.0 Å². The molecule has 1 aromatic rings. The summed E-state index contributed by atoms with van der Waals surface area (Å²) in [5.41, 5.74) is -0.769. The van der Waals surface area contributed by atoms with Crippen LogP contribution in [0.3, 0.4) is 0 Å². The molecule has 94 valence electrons. The summed E-state index contributed by atoms with van der Waals surface area (Å²) in [5, 5.41) is 8.66. The predicted molar refractivity (Wildman–Crippen MR) is 49.5 cm³/mol. The first kappa shape index (κ1) is 13.3. The van der Waals surface area contributed by atoms with Gasteiger partial charge in [0.25, 0.3) is 0 Å². The molecule has 0 bridgehead atoms. The number of rotatable bonds is 4. The Labute approximate surface area is 93.6 Å². The lowest BCUT2D eigenvalue weighted by molar-refractivity contribution is -0.139. The third-order valence-electron chi connectivity index (χ3n) is 1.83. The SMILES string of the molecule is O=C(O)c1c(F)cccc1OCCC(F)(F)F. The number of halogens is 4. The monoisotopic (exact) mass is 252 g/mol. The number of benzene rings is 1. The molecule has 0 fully saturated rings. The third-order valence-corrected chi connectivity index (χ3v) is 1.83. The van der Waals surface area contributed by atoms with E-state index in [0.29, 0.717) is 0 Å². The van der Waals surface area contributed by atoms with E-state index >= 15 is 0 Å². The van der Waals surface area contributed by atoms with E-state index in [1.54, 1.807) is 0 Å². The van der Waals surface area contributed by atoms with Gasteiger partial charge in [-0.2, -0.15) is 13.2 Å². The highest BCUT2D eigenvalue weighted by Gasteiger charge is 2.27. The van der Waals surface area contributed by atoms with Crippen LogP contribution in [0.2, 0.25) is 0 Å². The summed E-state index contributed by atoms with van der Waals surface area (Å²) in [6, 6.07) is 3.15. The van der Waals surface area contributed by atoms with E-state index in [4.69, 9.17) is 5.11 Å². The highest BCUT2D eigenvalue weighted by molar-refractivity contribution is 5.91. The minimum absolute atomic E-state index is 0.415. The summed E-state index contributed by atoms with van der Waals surface area (Å²) < 4.78 is 53.2. The first-order valence-corrected chi connectivity index (χ1v) is 4.52.